The zero-order chi connectivity index (χ0) is 11.1. The minimum atomic E-state index is -0.111. The van der Waals surface area contributed by atoms with Gasteiger partial charge in [-0.2, -0.15) is 0 Å². The van der Waals surface area contributed by atoms with E-state index in [0.29, 0.717) is 12.1 Å². The van der Waals surface area contributed by atoms with E-state index in [4.69, 9.17) is 10.5 Å². The van der Waals surface area contributed by atoms with Gasteiger partial charge in [-0.3, -0.25) is 4.79 Å². The number of nitrogens with one attached hydrogen (secondary N) is 1. The molecule has 86 valence electrons. The zero-order valence-corrected chi connectivity index (χ0v) is 8.98. The number of pyridine rings is 1. The molecule has 5 heteroatoms. The van der Waals surface area contributed by atoms with Crippen LogP contribution in [0.3, 0.4) is 0 Å². The highest BCUT2D eigenvalue weighted by Gasteiger charge is 2.37. The highest BCUT2D eigenvalue weighted by Crippen LogP contribution is 2.32. The maximum Gasteiger partial charge on any atom is 0.206 e. The van der Waals surface area contributed by atoms with E-state index in [-0.39, 0.29) is 11.1 Å². The van der Waals surface area contributed by atoms with Gasteiger partial charge in [0.25, 0.3) is 0 Å². The SMILES string of the molecule is Nc1c[nH]c(N2C3CCC2COC3)cc1=O. The third-order valence-electron chi connectivity index (χ3n) is 3.45. The van der Waals surface area contributed by atoms with Gasteiger partial charge in [-0.1, -0.05) is 0 Å². The van der Waals surface area contributed by atoms with Gasteiger partial charge in [0.2, 0.25) is 5.43 Å². The van der Waals surface area contributed by atoms with E-state index in [2.05, 4.69) is 9.88 Å². The van der Waals surface area contributed by atoms with Crippen LogP contribution >= 0.6 is 0 Å². The van der Waals surface area contributed by atoms with Gasteiger partial charge in [-0.15, -0.1) is 0 Å². The van der Waals surface area contributed by atoms with E-state index in [1.807, 2.05) is 0 Å². The molecule has 0 amide bonds. The molecule has 2 bridgehead atoms. The van der Waals surface area contributed by atoms with E-state index < -0.39 is 0 Å². The van der Waals surface area contributed by atoms with Gasteiger partial charge < -0.3 is 20.4 Å². The van der Waals surface area contributed by atoms with Crippen LogP contribution in [0, 0.1) is 0 Å². The summed E-state index contributed by atoms with van der Waals surface area (Å²) in [6, 6.07) is 2.39. The number of fused-ring (bicyclic) bond motifs is 2. The Kier molecular flexibility index (Phi) is 2.14. The summed E-state index contributed by atoms with van der Waals surface area (Å²) in [4.78, 5) is 16.9. The Morgan fingerprint density at radius 1 is 1.38 bits per heavy atom. The molecule has 3 rings (SSSR count). The van der Waals surface area contributed by atoms with Crippen molar-refractivity contribution in [1.82, 2.24) is 4.98 Å². The smallest absolute Gasteiger partial charge is 0.206 e. The third-order valence-corrected chi connectivity index (χ3v) is 3.45. The quantitative estimate of drug-likeness (QED) is 0.716. The van der Waals surface area contributed by atoms with Gasteiger partial charge in [0.1, 0.15) is 5.82 Å². The summed E-state index contributed by atoms with van der Waals surface area (Å²) in [5, 5.41) is 0. The van der Waals surface area contributed by atoms with Crippen LogP contribution in [0.2, 0.25) is 0 Å². The predicted octanol–water partition coefficient (Wildman–Crippen LogP) is 0.325. The molecule has 5 nitrogen and oxygen atoms in total. The van der Waals surface area contributed by atoms with E-state index in [0.717, 1.165) is 31.9 Å². The minimum Gasteiger partial charge on any atom is -0.394 e. The summed E-state index contributed by atoms with van der Waals surface area (Å²) in [5.41, 5.74) is 5.67. The van der Waals surface area contributed by atoms with Gasteiger partial charge in [0.05, 0.1) is 31.0 Å². The maximum atomic E-state index is 11.5. The molecule has 2 fully saturated rings. The summed E-state index contributed by atoms with van der Waals surface area (Å²) in [6.07, 6.45) is 3.85. The second kappa shape index (κ2) is 3.52. The molecule has 3 heterocycles. The first-order chi connectivity index (χ1) is 7.75. The number of aromatic nitrogens is 1. The molecule has 1 aromatic rings. The lowest BCUT2D eigenvalue weighted by atomic mass is 10.2. The molecular formula is C11H15N3O2. The van der Waals surface area contributed by atoms with Crippen molar-refractivity contribution in [3.8, 4) is 0 Å². The van der Waals surface area contributed by atoms with Crippen LogP contribution in [-0.4, -0.2) is 30.3 Å². The van der Waals surface area contributed by atoms with Crippen LogP contribution in [0.1, 0.15) is 12.8 Å². The molecule has 0 radical (unpaired) electrons. The normalized spacial score (nSPS) is 28.4. The van der Waals surface area contributed by atoms with E-state index in [1.165, 1.54) is 0 Å². The highest BCUT2D eigenvalue weighted by molar-refractivity contribution is 5.48. The molecule has 2 atom stereocenters. The highest BCUT2D eigenvalue weighted by atomic mass is 16.5. The Morgan fingerprint density at radius 2 is 2.06 bits per heavy atom. The number of ether oxygens (including phenoxy) is 1. The van der Waals surface area contributed by atoms with Crippen molar-refractivity contribution in [2.24, 2.45) is 0 Å². The molecule has 16 heavy (non-hydrogen) atoms. The lowest BCUT2D eigenvalue weighted by Crippen LogP contribution is -2.46. The van der Waals surface area contributed by atoms with Crippen molar-refractivity contribution in [3.63, 3.8) is 0 Å². The van der Waals surface area contributed by atoms with Gasteiger partial charge in [0, 0.05) is 12.3 Å². The first kappa shape index (κ1) is 9.72. The van der Waals surface area contributed by atoms with E-state index >= 15 is 0 Å². The number of hydrogen-bond acceptors (Lipinski definition) is 4. The molecule has 3 N–H and O–H groups in total. The van der Waals surface area contributed by atoms with Crippen LogP contribution in [0.25, 0.3) is 0 Å². The number of anilines is 2. The van der Waals surface area contributed by atoms with Gasteiger partial charge in [-0.05, 0) is 12.8 Å². The van der Waals surface area contributed by atoms with Crippen molar-refractivity contribution >= 4 is 11.5 Å². The van der Waals surface area contributed by atoms with Crippen molar-refractivity contribution in [2.45, 2.75) is 24.9 Å². The molecule has 2 aliphatic heterocycles. The average Bonchev–Trinajstić information content (AvgIpc) is 2.53. The van der Waals surface area contributed by atoms with Crippen LogP contribution in [0.4, 0.5) is 11.5 Å². The largest absolute Gasteiger partial charge is 0.394 e. The van der Waals surface area contributed by atoms with Crippen molar-refractivity contribution in [3.05, 3.63) is 22.5 Å². The van der Waals surface area contributed by atoms with Crippen LogP contribution in [-0.2, 0) is 4.74 Å². The molecule has 0 saturated carbocycles. The Morgan fingerprint density at radius 3 is 2.69 bits per heavy atom. The van der Waals surface area contributed by atoms with Crippen molar-refractivity contribution in [1.29, 1.82) is 0 Å². The fourth-order valence-electron chi connectivity index (χ4n) is 2.64. The van der Waals surface area contributed by atoms with Crippen molar-refractivity contribution < 1.29 is 4.74 Å². The lowest BCUT2D eigenvalue weighted by molar-refractivity contribution is 0.0902. The number of morpholine rings is 1. The lowest BCUT2D eigenvalue weighted by Gasteiger charge is -2.35. The molecule has 2 saturated heterocycles. The Balaban J connectivity index is 1.97. The first-order valence-corrected chi connectivity index (χ1v) is 5.60. The van der Waals surface area contributed by atoms with Crippen LogP contribution in [0.15, 0.2) is 17.1 Å². The average molecular weight is 221 g/mol. The number of aromatic amines is 1. The number of hydrogen-bond donors (Lipinski definition) is 2. The van der Waals surface area contributed by atoms with Gasteiger partial charge in [-0.25, -0.2) is 0 Å². The number of nitrogens with two attached hydrogens (primary N) is 1. The number of rotatable bonds is 1. The van der Waals surface area contributed by atoms with Crippen molar-refractivity contribution in [2.75, 3.05) is 23.8 Å². The monoisotopic (exact) mass is 221 g/mol. The Bertz CT molecular complexity index is 441. The maximum absolute atomic E-state index is 11.5. The Labute approximate surface area is 93.2 Å². The summed E-state index contributed by atoms with van der Waals surface area (Å²) >= 11 is 0. The molecule has 0 aliphatic carbocycles. The van der Waals surface area contributed by atoms with Crippen LogP contribution < -0.4 is 16.1 Å². The van der Waals surface area contributed by atoms with E-state index in [1.54, 1.807) is 12.3 Å². The number of nitrogens with zero attached hydrogens (tertiary/aromatic N) is 1. The molecule has 0 aromatic carbocycles. The second-order valence-corrected chi connectivity index (χ2v) is 4.47. The standard InChI is InChI=1S/C11H15N3O2/c12-9-4-13-11(3-10(9)15)14-7-1-2-8(14)6-16-5-7/h3-4,7-8H,1-2,5-6,12H2,(H,13,15). The molecular weight excluding hydrogens is 206 g/mol. The predicted molar refractivity (Wildman–Crippen MR) is 61.6 cm³/mol. The zero-order valence-electron chi connectivity index (χ0n) is 8.98. The molecule has 1 aromatic heterocycles. The summed E-state index contributed by atoms with van der Waals surface area (Å²) in [7, 11) is 0. The molecule has 2 aliphatic rings. The molecule has 2 unspecified atom stereocenters. The summed E-state index contributed by atoms with van der Waals surface area (Å²) < 4.78 is 5.50. The minimum absolute atomic E-state index is 0.111. The first-order valence-electron chi connectivity index (χ1n) is 5.60. The van der Waals surface area contributed by atoms with Crippen LogP contribution in [0.5, 0.6) is 0 Å². The fourth-order valence-corrected chi connectivity index (χ4v) is 2.64. The fraction of sp³-hybridized carbons (Fsp3) is 0.545. The number of H-pyrrole nitrogens is 1. The molecule has 0 spiro atoms. The topological polar surface area (TPSA) is 71.3 Å². The summed E-state index contributed by atoms with van der Waals surface area (Å²) in [5.74, 6) is 0.870. The second-order valence-electron chi connectivity index (χ2n) is 4.47. The number of nitrogen functional groups attached to an aromatic ring is 1. The van der Waals surface area contributed by atoms with E-state index in [9.17, 15) is 4.79 Å². The third kappa shape index (κ3) is 1.39. The van der Waals surface area contributed by atoms with Gasteiger partial charge >= 0.3 is 0 Å². The summed E-state index contributed by atoms with van der Waals surface area (Å²) in [6.45, 7) is 1.51. The van der Waals surface area contributed by atoms with Gasteiger partial charge in [0.15, 0.2) is 0 Å². The Hall–Kier alpha value is -1.49.